The van der Waals surface area contributed by atoms with Crippen LogP contribution >= 0.6 is 0 Å². The molecule has 1 fully saturated rings. The summed E-state index contributed by atoms with van der Waals surface area (Å²) in [6.07, 6.45) is 1.58. The molecule has 0 spiro atoms. The predicted molar refractivity (Wildman–Crippen MR) is 58.3 cm³/mol. The monoisotopic (exact) mass is 208 g/mol. The lowest BCUT2D eigenvalue weighted by Gasteiger charge is -2.19. The van der Waals surface area contributed by atoms with Gasteiger partial charge in [-0.15, -0.1) is 0 Å². The van der Waals surface area contributed by atoms with Crippen molar-refractivity contribution in [3.8, 4) is 0 Å². The normalized spacial score (nSPS) is 30.8. The molecule has 1 aromatic carbocycles. The van der Waals surface area contributed by atoms with Crippen molar-refractivity contribution in [2.24, 2.45) is 5.92 Å². The third-order valence-electron chi connectivity index (χ3n) is 3.66. The Bertz CT molecular complexity index is 362. The van der Waals surface area contributed by atoms with Gasteiger partial charge in [0.05, 0.1) is 6.10 Å². The van der Waals surface area contributed by atoms with Crippen molar-refractivity contribution in [1.82, 2.24) is 0 Å². The summed E-state index contributed by atoms with van der Waals surface area (Å²) in [5.41, 5.74) is 2.20. The summed E-state index contributed by atoms with van der Waals surface area (Å²) in [5, 5.41) is 9.70. The van der Waals surface area contributed by atoms with Crippen molar-refractivity contribution in [3.63, 3.8) is 0 Å². The van der Waals surface area contributed by atoms with Crippen LogP contribution in [0.5, 0.6) is 0 Å². The zero-order valence-electron chi connectivity index (χ0n) is 9.20. The van der Waals surface area contributed by atoms with E-state index in [0.717, 1.165) is 24.0 Å². The number of rotatable bonds is 1. The molecule has 0 radical (unpaired) electrons. The van der Waals surface area contributed by atoms with E-state index < -0.39 is 0 Å². The van der Waals surface area contributed by atoms with Gasteiger partial charge in [-0.25, -0.2) is 4.39 Å². The van der Waals surface area contributed by atoms with Crippen molar-refractivity contribution in [1.29, 1.82) is 0 Å². The molecule has 0 aliphatic heterocycles. The van der Waals surface area contributed by atoms with Gasteiger partial charge >= 0.3 is 0 Å². The molecule has 15 heavy (non-hydrogen) atoms. The average molecular weight is 208 g/mol. The van der Waals surface area contributed by atoms with Gasteiger partial charge in [-0.3, -0.25) is 0 Å². The fraction of sp³-hybridized carbons (Fsp3) is 0.538. The first-order valence-electron chi connectivity index (χ1n) is 5.53. The van der Waals surface area contributed by atoms with E-state index in [0.29, 0.717) is 5.92 Å². The largest absolute Gasteiger partial charge is 0.393 e. The molecule has 1 aromatic rings. The predicted octanol–water partition coefficient (Wildman–Crippen LogP) is 3.01. The minimum absolute atomic E-state index is 0.177. The van der Waals surface area contributed by atoms with E-state index in [1.807, 2.05) is 19.9 Å². The molecule has 1 aliphatic rings. The molecule has 2 rings (SSSR count). The molecule has 0 amide bonds. The second-order valence-corrected chi connectivity index (χ2v) is 4.61. The maximum atomic E-state index is 13.2. The Labute approximate surface area is 89.9 Å². The fourth-order valence-electron chi connectivity index (χ4n) is 2.59. The summed E-state index contributed by atoms with van der Waals surface area (Å²) in [5.74, 6) is 0.380. The maximum Gasteiger partial charge on any atom is 0.123 e. The van der Waals surface area contributed by atoms with E-state index >= 15 is 0 Å². The number of aliphatic hydroxyl groups is 1. The van der Waals surface area contributed by atoms with E-state index in [1.165, 1.54) is 6.07 Å². The maximum absolute atomic E-state index is 13.2. The molecule has 0 bridgehead atoms. The van der Waals surface area contributed by atoms with Crippen LogP contribution in [0.1, 0.15) is 36.8 Å². The van der Waals surface area contributed by atoms with Gasteiger partial charge < -0.3 is 5.11 Å². The van der Waals surface area contributed by atoms with Gasteiger partial charge in [-0.1, -0.05) is 13.0 Å². The highest BCUT2D eigenvalue weighted by molar-refractivity contribution is 5.31. The van der Waals surface area contributed by atoms with Gasteiger partial charge in [0.2, 0.25) is 0 Å². The van der Waals surface area contributed by atoms with E-state index in [1.54, 1.807) is 6.07 Å². The number of benzene rings is 1. The van der Waals surface area contributed by atoms with Crippen molar-refractivity contribution in [2.75, 3.05) is 0 Å². The topological polar surface area (TPSA) is 20.2 Å². The second-order valence-electron chi connectivity index (χ2n) is 4.61. The number of hydrogen-bond donors (Lipinski definition) is 1. The third-order valence-corrected chi connectivity index (χ3v) is 3.66. The van der Waals surface area contributed by atoms with Crippen LogP contribution < -0.4 is 0 Å². The number of hydrogen-bond acceptors (Lipinski definition) is 1. The van der Waals surface area contributed by atoms with Crippen LogP contribution in [-0.2, 0) is 0 Å². The molecule has 0 aromatic heterocycles. The summed E-state index contributed by atoms with van der Waals surface area (Å²) in [4.78, 5) is 0. The summed E-state index contributed by atoms with van der Waals surface area (Å²) in [6, 6.07) is 4.94. The first-order chi connectivity index (χ1) is 7.09. The Kier molecular flexibility index (Phi) is 2.79. The standard InChI is InChI=1S/C13H17FO/c1-8-3-4-10(14)7-12(8)11-5-6-13(15)9(11)2/h3-4,7,9,11,13,15H,5-6H2,1-2H3. The van der Waals surface area contributed by atoms with Crippen LogP contribution in [0.3, 0.4) is 0 Å². The number of aliphatic hydroxyl groups excluding tert-OH is 1. The van der Waals surface area contributed by atoms with E-state index in [9.17, 15) is 9.50 Å². The molecule has 3 unspecified atom stereocenters. The van der Waals surface area contributed by atoms with Crippen LogP contribution in [0.25, 0.3) is 0 Å². The minimum Gasteiger partial charge on any atom is -0.393 e. The minimum atomic E-state index is -0.224. The summed E-state index contributed by atoms with van der Waals surface area (Å²) >= 11 is 0. The van der Waals surface area contributed by atoms with Crippen LogP contribution in [-0.4, -0.2) is 11.2 Å². The van der Waals surface area contributed by atoms with Crippen LogP contribution in [0.4, 0.5) is 4.39 Å². The first-order valence-corrected chi connectivity index (χ1v) is 5.53. The molecule has 1 saturated carbocycles. The Hall–Kier alpha value is -0.890. The summed E-state index contributed by atoms with van der Waals surface area (Å²) in [7, 11) is 0. The fourth-order valence-corrected chi connectivity index (χ4v) is 2.59. The van der Waals surface area contributed by atoms with Crippen molar-refractivity contribution >= 4 is 0 Å². The lowest BCUT2D eigenvalue weighted by molar-refractivity contribution is 0.136. The highest BCUT2D eigenvalue weighted by atomic mass is 19.1. The van der Waals surface area contributed by atoms with Crippen molar-refractivity contribution < 1.29 is 9.50 Å². The van der Waals surface area contributed by atoms with E-state index in [2.05, 4.69) is 0 Å². The van der Waals surface area contributed by atoms with Crippen molar-refractivity contribution in [3.05, 3.63) is 35.1 Å². The highest BCUT2D eigenvalue weighted by Gasteiger charge is 2.33. The Morgan fingerprint density at radius 2 is 2.07 bits per heavy atom. The van der Waals surface area contributed by atoms with E-state index in [4.69, 9.17) is 0 Å². The Morgan fingerprint density at radius 3 is 2.67 bits per heavy atom. The lowest BCUT2D eigenvalue weighted by Crippen LogP contribution is -2.14. The van der Waals surface area contributed by atoms with Crippen LogP contribution in [0, 0.1) is 18.7 Å². The number of halogens is 1. The summed E-state index contributed by atoms with van der Waals surface area (Å²) in [6.45, 7) is 4.05. The van der Waals surface area contributed by atoms with Gasteiger partial charge in [-0.05, 0) is 54.9 Å². The number of aryl methyl sites for hydroxylation is 1. The smallest absolute Gasteiger partial charge is 0.123 e. The van der Waals surface area contributed by atoms with Gasteiger partial charge in [0.15, 0.2) is 0 Å². The molecule has 0 heterocycles. The van der Waals surface area contributed by atoms with Crippen LogP contribution in [0.15, 0.2) is 18.2 Å². The zero-order chi connectivity index (χ0) is 11.0. The SMILES string of the molecule is Cc1ccc(F)cc1C1CCC(O)C1C. The molecular formula is C13H17FO. The molecule has 0 saturated heterocycles. The molecule has 82 valence electrons. The molecule has 2 heteroatoms. The zero-order valence-corrected chi connectivity index (χ0v) is 9.20. The lowest BCUT2D eigenvalue weighted by atomic mass is 9.87. The quantitative estimate of drug-likeness (QED) is 0.752. The molecule has 3 atom stereocenters. The van der Waals surface area contributed by atoms with E-state index in [-0.39, 0.29) is 17.8 Å². The summed E-state index contributed by atoms with van der Waals surface area (Å²) < 4.78 is 13.2. The Morgan fingerprint density at radius 1 is 1.33 bits per heavy atom. The average Bonchev–Trinajstić information content (AvgIpc) is 2.52. The van der Waals surface area contributed by atoms with Gasteiger partial charge in [0.1, 0.15) is 5.82 Å². The van der Waals surface area contributed by atoms with Crippen LogP contribution in [0.2, 0.25) is 0 Å². The second kappa shape index (κ2) is 3.93. The highest BCUT2D eigenvalue weighted by Crippen LogP contribution is 2.40. The molecule has 1 aliphatic carbocycles. The van der Waals surface area contributed by atoms with Gasteiger partial charge in [-0.2, -0.15) is 0 Å². The van der Waals surface area contributed by atoms with Crippen molar-refractivity contribution in [2.45, 2.75) is 38.7 Å². The molecule has 1 N–H and O–H groups in total. The van der Waals surface area contributed by atoms with Gasteiger partial charge in [0, 0.05) is 0 Å². The first kappa shape index (κ1) is 10.6. The molecular weight excluding hydrogens is 191 g/mol. The third kappa shape index (κ3) is 1.91. The van der Waals surface area contributed by atoms with Gasteiger partial charge in [0.25, 0.3) is 0 Å². The Balaban J connectivity index is 2.33. The molecule has 1 nitrogen and oxygen atoms in total.